The van der Waals surface area contributed by atoms with Gasteiger partial charge >= 0.3 is 0 Å². The molecule has 1 aliphatic heterocycles. The van der Waals surface area contributed by atoms with E-state index in [1.807, 2.05) is 18.5 Å². The zero-order chi connectivity index (χ0) is 12.1. The molecule has 1 aliphatic rings. The summed E-state index contributed by atoms with van der Waals surface area (Å²) in [6.45, 7) is 7.97. The topological polar surface area (TPSA) is 28.2 Å². The minimum atomic E-state index is 0.600. The van der Waals surface area contributed by atoms with E-state index in [4.69, 9.17) is 0 Å². The van der Waals surface area contributed by atoms with Crippen LogP contribution in [0.5, 0.6) is 0 Å². The predicted octanol–water partition coefficient (Wildman–Crippen LogP) is 2.30. The van der Waals surface area contributed by atoms with Gasteiger partial charge in [-0.2, -0.15) is 0 Å². The highest BCUT2D eigenvalue weighted by molar-refractivity contribution is 5.44. The summed E-state index contributed by atoms with van der Waals surface area (Å²) >= 11 is 0. The third-order valence-electron chi connectivity index (χ3n) is 3.77. The number of hydrogen-bond acceptors (Lipinski definition) is 3. The van der Waals surface area contributed by atoms with Crippen molar-refractivity contribution in [2.24, 2.45) is 5.92 Å². The zero-order valence-corrected chi connectivity index (χ0v) is 10.9. The van der Waals surface area contributed by atoms with Crippen molar-refractivity contribution in [3.8, 4) is 0 Å². The van der Waals surface area contributed by atoms with Crippen LogP contribution in [0, 0.1) is 5.92 Å². The molecule has 0 bridgehead atoms. The molecule has 2 rings (SSSR count). The monoisotopic (exact) mass is 233 g/mol. The maximum Gasteiger partial charge on any atom is 0.0553 e. The van der Waals surface area contributed by atoms with E-state index >= 15 is 0 Å². The van der Waals surface area contributed by atoms with Gasteiger partial charge in [-0.3, -0.25) is 4.98 Å². The number of hydrogen-bond donors (Lipinski definition) is 1. The number of anilines is 1. The van der Waals surface area contributed by atoms with Crippen LogP contribution in [0.2, 0.25) is 0 Å². The first-order valence-corrected chi connectivity index (χ1v) is 6.69. The normalized spacial score (nSPS) is 23.2. The van der Waals surface area contributed by atoms with Crippen LogP contribution in [0.3, 0.4) is 0 Å². The Balaban J connectivity index is 2.07. The Labute approximate surface area is 104 Å². The first-order valence-electron chi connectivity index (χ1n) is 6.69. The van der Waals surface area contributed by atoms with E-state index in [1.165, 1.54) is 18.5 Å². The van der Waals surface area contributed by atoms with Gasteiger partial charge in [0.25, 0.3) is 0 Å². The number of rotatable bonds is 3. The van der Waals surface area contributed by atoms with Crippen molar-refractivity contribution in [3.63, 3.8) is 0 Å². The quantitative estimate of drug-likeness (QED) is 0.868. The summed E-state index contributed by atoms with van der Waals surface area (Å²) in [5.41, 5.74) is 1.25. The van der Waals surface area contributed by atoms with Gasteiger partial charge in [-0.15, -0.1) is 0 Å². The molecule has 2 heterocycles. The van der Waals surface area contributed by atoms with Gasteiger partial charge in [0.05, 0.1) is 11.9 Å². The van der Waals surface area contributed by atoms with Gasteiger partial charge in [0.1, 0.15) is 0 Å². The molecule has 1 aromatic rings. The van der Waals surface area contributed by atoms with E-state index in [2.05, 4.69) is 35.1 Å². The first kappa shape index (κ1) is 12.4. The first-order chi connectivity index (χ1) is 8.31. The molecule has 1 N–H and O–H groups in total. The van der Waals surface area contributed by atoms with Crippen molar-refractivity contribution < 1.29 is 0 Å². The molecule has 2 atom stereocenters. The van der Waals surface area contributed by atoms with Crippen molar-refractivity contribution >= 4 is 5.69 Å². The Bertz CT molecular complexity index is 325. The number of aromatic nitrogens is 1. The summed E-state index contributed by atoms with van der Waals surface area (Å²) in [6, 6.07) is 4.78. The molecule has 0 spiro atoms. The molecule has 2 unspecified atom stereocenters. The Kier molecular flexibility index (Phi) is 4.37. The molecule has 0 aliphatic carbocycles. The highest BCUT2D eigenvalue weighted by atomic mass is 15.2. The fraction of sp³-hybridized carbons (Fsp3) is 0.643. The maximum atomic E-state index is 4.22. The van der Waals surface area contributed by atoms with Crippen molar-refractivity contribution in [2.75, 3.05) is 24.5 Å². The highest BCUT2D eigenvalue weighted by Crippen LogP contribution is 2.18. The van der Waals surface area contributed by atoms with Gasteiger partial charge < -0.3 is 10.2 Å². The molecule has 1 fully saturated rings. The van der Waals surface area contributed by atoms with Gasteiger partial charge in [0.15, 0.2) is 0 Å². The van der Waals surface area contributed by atoms with Crippen LogP contribution in [0.25, 0.3) is 0 Å². The van der Waals surface area contributed by atoms with Gasteiger partial charge in [0.2, 0.25) is 0 Å². The Hall–Kier alpha value is -1.09. The molecule has 0 amide bonds. The summed E-state index contributed by atoms with van der Waals surface area (Å²) in [5.74, 6) is 0.729. The largest absolute Gasteiger partial charge is 0.369 e. The van der Waals surface area contributed by atoms with Gasteiger partial charge in [-0.1, -0.05) is 20.3 Å². The second-order valence-electron chi connectivity index (χ2n) is 4.96. The molecule has 1 aromatic heterocycles. The third kappa shape index (κ3) is 3.19. The van der Waals surface area contributed by atoms with Crippen LogP contribution in [-0.2, 0) is 0 Å². The Morgan fingerprint density at radius 2 is 2.47 bits per heavy atom. The molecule has 94 valence electrons. The summed E-state index contributed by atoms with van der Waals surface area (Å²) in [4.78, 5) is 6.68. The van der Waals surface area contributed by atoms with Crippen LogP contribution in [0.1, 0.15) is 26.7 Å². The van der Waals surface area contributed by atoms with Crippen molar-refractivity contribution in [3.05, 3.63) is 24.5 Å². The lowest BCUT2D eigenvalue weighted by Crippen LogP contribution is -2.42. The second-order valence-corrected chi connectivity index (χ2v) is 4.96. The lowest BCUT2D eigenvalue weighted by atomic mass is 9.99. The molecule has 1 saturated heterocycles. The summed E-state index contributed by atoms with van der Waals surface area (Å²) in [6.07, 6.45) is 6.26. The predicted molar refractivity (Wildman–Crippen MR) is 72.3 cm³/mol. The second kappa shape index (κ2) is 6.01. The van der Waals surface area contributed by atoms with E-state index < -0.39 is 0 Å². The molecule has 0 radical (unpaired) electrons. The summed E-state index contributed by atoms with van der Waals surface area (Å²) in [7, 11) is 0. The molecular formula is C14H23N3. The van der Waals surface area contributed by atoms with Gasteiger partial charge in [0, 0.05) is 25.3 Å². The van der Waals surface area contributed by atoms with Gasteiger partial charge in [-0.05, 0) is 31.0 Å². The van der Waals surface area contributed by atoms with E-state index in [9.17, 15) is 0 Å². The molecule has 3 heteroatoms. The number of nitrogens with zero attached hydrogens (tertiary/aromatic N) is 2. The SMILES string of the molecule is CCC(C)C1CN(c2cccnc2)CCCN1. The minimum absolute atomic E-state index is 0.600. The van der Waals surface area contributed by atoms with E-state index in [0.717, 1.165) is 25.6 Å². The summed E-state index contributed by atoms with van der Waals surface area (Å²) < 4.78 is 0. The van der Waals surface area contributed by atoms with E-state index in [1.54, 1.807) is 0 Å². The van der Waals surface area contributed by atoms with E-state index in [-0.39, 0.29) is 0 Å². The van der Waals surface area contributed by atoms with Crippen LogP contribution in [0.4, 0.5) is 5.69 Å². The standard InChI is InChI=1S/C14H23N3/c1-3-12(2)14-11-17(9-5-8-16-14)13-6-4-7-15-10-13/h4,6-7,10,12,14,16H,3,5,8-9,11H2,1-2H3. The van der Waals surface area contributed by atoms with Crippen molar-refractivity contribution in [1.29, 1.82) is 0 Å². The van der Waals surface area contributed by atoms with Crippen LogP contribution in [0.15, 0.2) is 24.5 Å². The average molecular weight is 233 g/mol. The molecule has 0 aromatic carbocycles. The lowest BCUT2D eigenvalue weighted by Gasteiger charge is -2.29. The molecule has 3 nitrogen and oxygen atoms in total. The molecule has 17 heavy (non-hydrogen) atoms. The summed E-state index contributed by atoms with van der Waals surface area (Å²) in [5, 5.41) is 3.67. The van der Waals surface area contributed by atoms with Crippen LogP contribution >= 0.6 is 0 Å². The molecular weight excluding hydrogens is 210 g/mol. The Morgan fingerprint density at radius 3 is 3.18 bits per heavy atom. The Morgan fingerprint density at radius 1 is 1.59 bits per heavy atom. The lowest BCUT2D eigenvalue weighted by molar-refractivity contribution is 0.384. The number of nitrogens with one attached hydrogen (secondary N) is 1. The fourth-order valence-corrected chi connectivity index (χ4v) is 2.39. The van der Waals surface area contributed by atoms with Crippen LogP contribution < -0.4 is 10.2 Å². The van der Waals surface area contributed by atoms with Gasteiger partial charge in [-0.25, -0.2) is 0 Å². The van der Waals surface area contributed by atoms with Crippen LogP contribution in [-0.4, -0.2) is 30.7 Å². The fourth-order valence-electron chi connectivity index (χ4n) is 2.39. The minimum Gasteiger partial charge on any atom is -0.369 e. The zero-order valence-electron chi connectivity index (χ0n) is 10.9. The van der Waals surface area contributed by atoms with E-state index in [0.29, 0.717) is 6.04 Å². The van der Waals surface area contributed by atoms with Crippen molar-refractivity contribution in [1.82, 2.24) is 10.3 Å². The highest BCUT2D eigenvalue weighted by Gasteiger charge is 2.21. The maximum absolute atomic E-state index is 4.22. The number of pyridine rings is 1. The average Bonchev–Trinajstić information content (AvgIpc) is 2.64. The smallest absolute Gasteiger partial charge is 0.0553 e. The van der Waals surface area contributed by atoms with Crippen molar-refractivity contribution in [2.45, 2.75) is 32.7 Å². The molecule has 0 saturated carbocycles. The third-order valence-corrected chi connectivity index (χ3v) is 3.77.